The van der Waals surface area contributed by atoms with Gasteiger partial charge in [-0.05, 0) is 84.0 Å². The summed E-state index contributed by atoms with van der Waals surface area (Å²) in [6.45, 7) is 0. The number of fused-ring (bicyclic) bond motifs is 1. The van der Waals surface area contributed by atoms with Crippen molar-refractivity contribution in [2.45, 2.75) is 44.2 Å². The molecule has 2 atom stereocenters. The van der Waals surface area contributed by atoms with E-state index in [0.717, 1.165) is 30.4 Å². The lowest BCUT2D eigenvalue weighted by Crippen LogP contribution is -2.56. The number of hydrogen-bond donors (Lipinski definition) is 2. The lowest BCUT2D eigenvalue weighted by atomic mass is 9.51. The number of carbonyl (C=O) groups excluding carboxylic acids is 4. The van der Waals surface area contributed by atoms with E-state index < -0.39 is 17.9 Å². The summed E-state index contributed by atoms with van der Waals surface area (Å²) < 4.78 is 0. The molecule has 8 nitrogen and oxygen atoms in total. The molecule has 0 aromatic heterocycles. The lowest BCUT2D eigenvalue weighted by molar-refractivity contribution is -0.138. The highest BCUT2D eigenvalue weighted by Crippen LogP contribution is 2.63. The Morgan fingerprint density at radius 2 is 1.83 bits per heavy atom. The molecule has 2 fully saturated rings. The number of imide groups is 1. The summed E-state index contributed by atoms with van der Waals surface area (Å²) in [7, 11) is 0. The molecule has 180 valence electrons. The Balaban J connectivity index is 1.29. The van der Waals surface area contributed by atoms with Crippen LogP contribution in [0.25, 0.3) is 5.57 Å². The van der Waals surface area contributed by atoms with Gasteiger partial charge in [0.05, 0.1) is 17.7 Å². The largest absolute Gasteiger partial charge is 0.366 e. The van der Waals surface area contributed by atoms with Gasteiger partial charge in [-0.2, -0.15) is 5.26 Å². The van der Waals surface area contributed by atoms with Gasteiger partial charge in [-0.25, -0.2) is 0 Å². The van der Waals surface area contributed by atoms with Gasteiger partial charge < -0.3 is 10.6 Å². The fourth-order valence-electron chi connectivity index (χ4n) is 6.47. The number of amides is 4. The first-order valence-corrected chi connectivity index (χ1v) is 12.1. The molecule has 4 amide bonds. The standard InChI is InChI=1S/C28H24N4O4/c29-14-15-1-3-16(4-2-15)18-10-28(11-18)12-19(13-28)24-21-9-17(25(30)34)5-6-20(21)27(36)32(24)22-7-8-23(33)31-26(22)35/h1-6,9-10,19,22,24H,7-8,11-13H2,(H2,30,34)(H,31,33,35). The molecule has 0 radical (unpaired) electrons. The van der Waals surface area contributed by atoms with Crippen molar-refractivity contribution in [2.75, 3.05) is 0 Å². The van der Waals surface area contributed by atoms with E-state index in [4.69, 9.17) is 11.0 Å². The Morgan fingerprint density at radius 3 is 2.47 bits per heavy atom. The molecule has 36 heavy (non-hydrogen) atoms. The highest BCUT2D eigenvalue weighted by atomic mass is 16.2. The van der Waals surface area contributed by atoms with Gasteiger partial charge >= 0.3 is 0 Å². The molecule has 6 rings (SSSR count). The molecule has 2 aromatic rings. The van der Waals surface area contributed by atoms with Crippen molar-refractivity contribution in [3.8, 4) is 6.07 Å². The molecule has 2 aromatic carbocycles. The Kier molecular flexibility index (Phi) is 4.87. The van der Waals surface area contributed by atoms with Crippen molar-refractivity contribution >= 4 is 29.2 Å². The maximum absolute atomic E-state index is 13.5. The fraction of sp³-hybridized carbons (Fsp3) is 0.321. The van der Waals surface area contributed by atoms with Crippen LogP contribution in [0.5, 0.6) is 0 Å². The van der Waals surface area contributed by atoms with Gasteiger partial charge in [-0.1, -0.05) is 18.2 Å². The Labute approximate surface area is 207 Å². The van der Waals surface area contributed by atoms with E-state index >= 15 is 0 Å². The Morgan fingerprint density at radius 1 is 1.11 bits per heavy atom. The number of carbonyl (C=O) groups is 4. The van der Waals surface area contributed by atoms with Crippen molar-refractivity contribution in [2.24, 2.45) is 17.1 Å². The topological polar surface area (TPSA) is 133 Å². The number of primary amides is 1. The number of piperidine rings is 1. The van der Waals surface area contributed by atoms with Crippen molar-refractivity contribution in [3.63, 3.8) is 0 Å². The number of rotatable bonds is 4. The number of hydrogen-bond acceptors (Lipinski definition) is 5. The summed E-state index contributed by atoms with van der Waals surface area (Å²) in [5.74, 6) is -1.48. The van der Waals surface area contributed by atoms with Gasteiger partial charge in [0, 0.05) is 17.5 Å². The minimum Gasteiger partial charge on any atom is -0.366 e. The SMILES string of the molecule is N#Cc1ccc(C2=CC3(C2)CC(C2c4cc(C(N)=O)ccc4C(=O)N2C2CCC(=O)NC2=O)C3)cc1. The smallest absolute Gasteiger partial charge is 0.255 e. The van der Waals surface area contributed by atoms with E-state index in [-0.39, 0.29) is 42.0 Å². The van der Waals surface area contributed by atoms with Crippen LogP contribution < -0.4 is 11.1 Å². The monoisotopic (exact) mass is 480 g/mol. The molecular formula is C28H24N4O4. The summed E-state index contributed by atoms with van der Waals surface area (Å²) in [4.78, 5) is 51.5. The van der Waals surface area contributed by atoms with Gasteiger partial charge in [-0.15, -0.1) is 0 Å². The van der Waals surface area contributed by atoms with Crippen LogP contribution in [-0.4, -0.2) is 34.6 Å². The molecule has 2 aliphatic carbocycles. The molecular weight excluding hydrogens is 456 g/mol. The zero-order valence-corrected chi connectivity index (χ0v) is 19.5. The van der Waals surface area contributed by atoms with Crippen molar-refractivity contribution in [1.82, 2.24) is 10.2 Å². The molecule has 0 bridgehead atoms. The van der Waals surface area contributed by atoms with Crippen LogP contribution in [0.15, 0.2) is 48.5 Å². The average Bonchev–Trinajstić information content (AvgIpc) is 3.09. The second-order valence-electron chi connectivity index (χ2n) is 10.4. The molecule has 1 saturated heterocycles. The van der Waals surface area contributed by atoms with Crippen LogP contribution in [0, 0.1) is 22.7 Å². The van der Waals surface area contributed by atoms with Gasteiger partial charge in [0.1, 0.15) is 6.04 Å². The van der Waals surface area contributed by atoms with E-state index in [1.165, 1.54) is 5.57 Å². The highest BCUT2D eigenvalue weighted by molar-refractivity contribution is 6.06. The zero-order valence-electron chi connectivity index (χ0n) is 19.5. The minimum absolute atomic E-state index is 0.0530. The van der Waals surface area contributed by atoms with Crippen molar-refractivity contribution in [3.05, 3.63) is 76.4 Å². The Bertz CT molecular complexity index is 1410. The first-order valence-electron chi connectivity index (χ1n) is 12.1. The quantitative estimate of drug-likeness (QED) is 0.649. The highest BCUT2D eigenvalue weighted by Gasteiger charge is 2.56. The van der Waals surface area contributed by atoms with Gasteiger partial charge in [-0.3, -0.25) is 24.5 Å². The second kappa shape index (κ2) is 7.89. The number of nitrogens with two attached hydrogens (primary N) is 1. The lowest BCUT2D eigenvalue weighted by Gasteiger charge is -2.55. The summed E-state index contributed by atoms with van der Waals surface area (Å²) in [6, 6.07) is 13.5. The third-order valence-electron chi connectivity index (χ3n) is 8.16. The molecule has 2 aliphatic heterocycles. The van der Waals surface area contributed by atoms with Crippen molar-refractivity contribution in [1.29, 1.82) is 5.26 Å². The number of nitrogens with one attached hydrogen (secondary N) is 1. The third kappa shape index (κ3) is 3.34. The van der Waals surface area contributed by atoms with Crippen LogP contribution in [-0.2, 0) is 9.59 Å². The fourth-order valence-corrected chi connectivity index (χ4v) is 6.47. The molecule has 1 saturated carbocycles. The summed E-state index contributed by atoms with van der Waals surface area (Å²) >= 11 is 0. The van der Waals surface area contributed by atoms with Crippen LogP contribution in [0.4, 0.5) is 0 Å². The van der Waals surface area contributed by atoms with E-state index in [2.05, 4.69) is 17.5 Å². The zero-order chi connectivity index (χ0) is 25.2. The summed E-state index contributed by atoms with van der Waals surface area (Å²) in [5.41, 5.74) is 10.1. The molecule has 3 N–H and O–H groups in total. The number of benzene rings is 2. The average molecular weight is 481 g/mol. The summed E-state index contributed by atoms with van der Waals surface area (Å²) in [6.07, 6.45) is 5.39. The van der Waals surface area contributed by atoms with Gasteiger partial charge in [0.25, 0.3) is 5.91 Å². The maximum Gasteiger partial charge on any atom is 0.255 e. The predicted octanol–water partition coefficient (Wildman–Crippen LogP) is 2.84. The van der Waals surface area contributed by atoms with E-state index in [1.807, 2.05) is 24.3 Å². The molecule has 2 unspecified atom stereocenters. The first kappa shape index (κ1) is 22.2. The second-order valence-corrected chi connectivity index (χ2v) is 10.4. The third-order valence-corrected chi connectivity index (χ3v) is 8.16. The molecule has 8 heteroatoms. The minimum atomic E-state index is -0.729. The number of nitrogens with zero attached hydrogens (tertiary/aromatic N) is 2. The van der Waals surface area contributed by atoms with Gasteiger partial charge in [0.2, 0.25) is 17.7 Å². The number of nitriles is 1. The Hall–Kier alpha value is -4.25. The first-order chi connectivity index (χ1) is 17.3. The predicted molar refractivity (Wildman–Crippen MR) is 129 cm³/mol. The van der Waals surface area contributed by atoms with Crippen molar-refractivity contribution < 1.29 is 19.2 Å². The van der Waals surface area contributed by atoms with E-state index in [9.17, 15) is 19.2 Å². The molecule has 2 heterocycles. The van der Waals surface area contributed by atoms with E-state index in [1.54, 1.807) is 23.1 Å². The van der Waals surface area contributed by atoms with E-state index in [0.29, 0.717) is 16.7 Å². The summed E-state index contributed by atoms with van der Waals surface area (Å²) in [5, 5.41) is 11.4. The normalized spacial score (nSPS) is 28.5. The van der Waals surface area contributed by atoms with Crippen LogP contribution >= 0.6 is 0 Å². The van der Waals surface area contributed by atoms with Crippen LogP contribution in [0.2, 0.25) is 0 Å². The van der Waals surface area contributed by atoms with Crippen LogP contribution in [0.3, 0.4) is 0 Å². The number of allylic oxidation sites excluding steroid dienone is 2. The van der Waals surface area contributed by atoms with Crippen LogP contribution in [0.1, 0.15) is 75.6 Å². The maximum atomic E-state index is 13.5. The molecule has 1 spiro atoms. The molecule has 4 aliphatic rings. The van der Waals surface area contributed by atoms with Gasteiger partial charge in [0.15, 0.2) is 0 Å².